The Bertz CT molecular complexity index is 643. The van der Waals surface area contributed by atoms with Crippen molar-refractivity contribution in [2.75, 3.05) is 12.4 Å². The Morgan fingerprint density at radius 2 is 2.09 bits per heavy atom. The molecule has 6 nitrogen and oxygen atoms in total. The van der Waals surface area contributed by atoms with Gasteiger partial charge in [0, 0.05) is 12.1 Å². The highest BCUT2D eigenvalue weighted by Gasteiger charge is 2.19. The van der Waals surface area contributed by atoms with E-state index in [0.717, 1.165) is 6.42 Å². The molecule has 0 aliphatic rings. The number of nitrogens with one attached hydrogen (secondary N) is 1. The van der Waals surface area contributed by atoms with E-state index in [1.54, 1.807) is 19.1 Å². The highest BCUT2D eigenvalue weighted by molar-refractivity contribution is 8.00. The van der Waals surface area contributed by atoms with E-state index in [0.29, 0.717) is 23.1 Å². The van der Waals surface area contributed by atoms with E-state index in [1.807, 2.05) is 6.92 Å². The van der Waals surface area contributed by atoms with E-state index in [9.17, 15) is 9.18 Å². The Kier molecular flexibility index (Phi) is 5.37. The van der Waals surface area contributed by atoms with Gasteiger partial charge in [0.05, 0.1) is 5.25 Å². The van der Waals surface area contributed by atoms with Gasteiger partial charge >= 0.3 is 0 Å². The van der Waals surface area contributed by atoms with Crippen LogP contribution < -0.4 is 11.2 Å². The molecule has 22 heavy (non-hydrogen) atoms. The van der Waals surface area contributed by atoms with Crippen molar-refractivity contribution in [1.29, 1.82) is 0 Å². The molecular weight excluding hydrogens is 305 g/mol. The van der Waals surface area contributed by atoms with E-state index in [2.05, 4.69) is 15.5 Å². The predicted molar refractivity (Wildman–Crippen MR) is 84.2 cm³/mol. The van der Waals surface area contributed by atoms with Crippen molar-refractivity contribution in [2.45, 2.75) is 30.7 Å². The molecule has 8 heteroatoms. The van der Waals surface area contributed by atoms with Crippen molar-refractivity contribution < 1.29 is 9.18 Å². The highest BCUT2D eigenvalue weighted by atomic mass is 32.2. The van der Waals surface area contributed by atoms with Gasteiger partial charge in [-0.05, 0) is 37.6 Å². The minimum absolute atomic E-state index is 0.0711. The molecule has 118 valence electrons. The van der Waals surface area contributed by atoms with Crippen LogP contribution in [0, 0.1) is 5.82 Å². The molecule has 0 spiro atoms. The highest BCUT2D eigenvalue weighted by Crippen LogP contribution is 2.24. The molecule has 0 unspecified atom stereocenters. The smallest absolute Gasteiger partial charge is 0.233 e. The lowest BCUT2D eigenvalue weighted by atomic mass is 10.2. The molecule has 3 N–H and O–H groups in total. The molecule has 2 rings (SSSR count). The summed E-state index contributed by atoms with van der Waals surface area (Å²) in [7, 11) is 0. The Hall–Kier alpha value is -2.09. The van der Waals surface area contributed by atoms with Crippen LogP contribution in [0.25, 0.3) is 11.4 Å². The first kappa shape index (κ1) is 16.3. The monoisotopic (exact) mass is 323 g/mol. The molecule has 0 radical (unpaired) electrons. The number of nitrogens with two attached hydrogens (primary N) is 1. The number of amides is 1. The zero-order chi connectivity index (χ0) is 16.1. The van der Waals surface area contributed by atoms with Crippen LogP contribution in [0.3, 0.4) is 0 Å². The molecule has 1 aromatic heterocycles. The maximum atomic E-state index is 12.9. The summed E-state index contributed by atoms with van der Waals surface area (Å²) in [6.45, 7) is 4.41. The number of nitrogen functional groups attached to an aromatic ring is 1. The summed E-state index contributed by atoms with van der Waals surface area (Å²) in [6, 6.07) is 5.82. The number of nitrogens with zero attached hydrogens (tertiary/aromatic N) is 3. The summed E-state index contributed by atoms with van der Waals surface area (Å²) in [5, 5.41) is 10.9. The van der Waals surface area contributed by atoms with Gasteiger partial charge in [-0.25, -0.2) is 9.07 Å². The van der Waals surface area contributed by atoms with Gasteiger partial charge in [-0.3, -0.25) is 4.79 Å². The Labute approximate surface area is 132 Å². The lowest BCUT2D eigenvalue weighted by molar-refractivity contribution is -0.120. The normalized spacial score (nSPS) is 12.1. The third-order valence-electron chi connectivity index (χ3n) is 2.97. The number of thioether (sulfide) groups is 1. The number of hydrogen-bond acceptors (Lipinski definition) is 5. The molecule has 1 aromatic carbocycles. The molecule has 1 heterocycles. The SMILES string of the molecule is CCCNC(=O)[C@H](C)Sc1nnc(-c2ccc(F)cc2)n1N. The van der Waals surface area contributed by atoms with Crippen molar-refractivity contribution in [2.24, 2.45) is 0 Å². The third-order valence-corrected chi connectivity index (χ3v) is 4.02. The van der Waals surface area contributed by atoms with E-state index >= 15 is 0 Å². The molecule has 0 saturated heterocycles. The maximum Gasteiger partial charge on any atom is 0.233 e. The summed E-state index contributed by atoms with van der Waals surface area (Å²) in [5.74, 6) is 5.99. The summed E-state index contributed by atoms with van der Waals surface area (Å²) >= 11 is 1.23. The largest absolute Gasteiger partial charge is 0.355 e. The first-order valence-electron chi connectivity index (χ1n) is 6.93. The Morgan fingerprint density at radius 1 is 1.41 bits per heavy atom. The number of rotatable bonds is 6. The van der Waals surface area contributed by atoms with Gasteiger partial charge in [0.2, 0.25) is 11.1 Å². The van der Waals surface area contributed by atoms with Gasteiger partial charge in [-0.2, -0.15) is 0 Å². The Morgan fingerprint density at radius 3 is 2.73 bits per heavy atom. The third kappa shape index (κ3) is 3.76. The van der Waals surface area contributed by atoms with Crippen molar-refractivity contribution in [3.8, 4) is 11.4 Å². The summed E-state index contributed by atoms with van der Waals surface area (Å²) < 4.78 is 14.3. The molecule has 1 amide bonds. The fourth-order valence-electron chi connectivity index (χ4n) is 1.76. The number of halogens is 1. The predicted octanol–water partition coefficient (Wildman–Crippen LogP) is 1.80. The summed E-state index contributed by atoms with van der Waals surface area (Å²) in [6.07, 6.45) is 0.880. The van der Waals surface area contributed by atoms with Crippen LogP contribution in [0.2, 0.25) is 0 Å². The van der Waals surface area contributed by atoms with Gasteiger partial charge in [0.1, 0.15) is 5.82 Å². The number of carbonyl (C=O) groups is 1. The van der Waals surface area contributed by atoms with E-state index in [1.165, 1.54) is 28.6 Å². The van der Waals surface area contributed by atoms with Crippen LogP contribution in [0.5, 0.6) is 0 Å². The number of aromatic nitrogens is 3. The van der Waals surface area contributed by atoms with Gasteiger partial charge < -0.3 is 11.2 Å². The first-order chi connectivity index (χ1) is 10.5. The van der Waals surface area contributed by atoms with E-state index in [4.69, 9.17) is 5.84 Å². The zero-order valence-electron chi connectivity index (χ0n) is 12.4. The Balaban J connectivity index is 2.11. The fraction of sp³-hybridized carbons (Fsp3) is 0.357. The topological polar surface area (TPSA) is 85.8 Å². The van der Waals surface area contributed by atoms with Crippen molar-refractivity contribution in [3.63, 3.8) is 0 Å². The van der Waals surface area contributed by atoms with Gasteiger partial charge in [0.15, 0.2) is 5.82 Å². The van der Waals surface area contributed by atoms with E-state index in [-0.39, 0.29) is 17.0 Å². The summed E-state index contributed by atoms with van der Waals surface area (Å²) in [4.78, 5) is 11.9. The van der Waals surface area contributed by atoms with E-state index < -0.39 is 0 Å². The number of carbonyl (C=O) groups excluding carboxylic acids is 1. The molecule has 0 aliphatic carbocycles. The lowest BCUT2D eigenvalue weighted by Gasteiger charge is -2.10. The standard InChI is InChI=1S/C14H18FN5OS/c1-3-8-17-13(21)9(2)22-14-19-18-12(20(14)16)10-4-6-11(15)7-5-10/h4-7,9H,3,8,16H2,1-2H3,(H,17,21)/t9-/m0/s1. The average Bonchev–Trinajstić information content (AvgIpc) is 2.86. The second-order valence-corrected chi connectivity index (χ2v) is 6.04. The molecule has 0 fully saturated rings. The van der Waals surface area contributed by atoms with Gasteiger partial charge in [0.25, 0.3) is 0 Å². The van der Waals surface area contributed by atoms with Crippen LogP contribution >= 0.6 is 11.8 Å². The fourth-order valence-corrected chi connectivity index (χ4v) is 2.55. The van der Waals surface area contributed by atoms with Gasteiger partial charge in [-0.15, -0.1) is 10.2 Å². The van der Waals surface area contributed by atoms with Crippen molar-refractivity contribution in [1.82, 2.24) is 20.2 Å². The first-order valence-corrected chi connectivity index (χ1v) is 7.81. The van der Waals surface area contributed by atoms with Crippen LogP contribution in [-0.4, -0.2) is 32.6 Å². The van der Waals surface area contributed by atoms with Crippen molar-refractivity contribution in [3.05, 3.63) is 30.1 Å². The molecule has 2 aromatic rings. The molecule has 1 atom stereocenters. The molecular formula is C14H18FN5OS. The number of hydrogen-bond donors (Lipinski definition) is 2. The molecule has 0 bridgehead atoms. The second kappa shape index (κ2) is 7.26. The number of benzene rings is 1. The lowest BCUT2D eigenvalue weighted by Crippen LogP contribution is -2.31. The van der Waals surface area contributed by atoms with Crippen molar-refractivity contribution >= 4 is 17.7 Å². The quantitative estimate of drug-likeness (QED) is 0.625. The average molecular weight is 323 g/mol. The van der Waals surface area contributed by atoms with Crippen LogP contribution in [0.15, 0.2) is 29.4 Å². The minimum atomic E-state index is -0.334. The van der Waals surface area contributed by atoms with Gasteiger partial charge in [-0.1, -0.05) is 18.7 Å². The van der Waals surface area contributed by atoms with Crippen LogP contribution in [-0.2, 0) is 4.79 Å². The minimum Gasteiger partial charge on any atom is -0.355 e. The second-order valence-electron chi connectivity index (χ2n) is 4.73. The molecule has 0 saturated carbocycles. The van der Waals surface area contributed by atoms with Crippen LogP contribution in [0.4, 0.5) is 4.39 Å². The molecule has 0 aliphatic heterocycles. The summed E-state index contributed by atoms with van der Waals surface area (Å²) in [5.41, 5.74) is 0.659. The maximum absolute atomic E-state index is 12.9. The zero-order valence-corrected chi connectivity index (χ0v) is 13.2. The van der Waals surface area contributed by atoms with Crippen LogP contribution in [0.1, 0.15) is 20.3 Å².